The van der Waals surface area contributed by atoms with Gasteiger partial charge in [-0.2, -0.15) is 5.10 Å². The standard InChI is InChI=1S/C29H27N3O2/c1-3-4-19-34-24-16-9-21(10-17-24)27-26-18-13-20-7-5-6-8-25(20)28(26)30-29(32-31-27)22-11-14-23(33-2)15-12-22/h5-18H,3-4,19H2,1-2H3,(H,30,32). The van der Waals surface area contributed by atoms with Crippen LogP contribution < -0.4 is 14.9 Å². The molecular formula is C29H27N3O2. The van der Waals surface area contributed by atoms with Gasteiger partial charge in [-0.1, -0.05) is 43.7 Å². The van der Waals surface area contributed by atoms with Crippen molar-refractivity contribution in [2.45, 2.75) is 19.8 Å². The summed E-state index contributed by atoms with van der Waals surface area (Å²) in [7, 11) is 1.66. The first-order valence-electron chi connectivity index (χ1n) is 11.6. The number of methoxy groups -OCH3 is 1. The Labute approximate surface area is 199 Å². The average molecular weight is 450 g/mol. The number of unbranched alkanes of at least 4 members (excludes halogenated alkanes) is 1. The van der Waals surface area contributed by atoms with Gasteiger partial charge in [-0.15, -0.1) is 0 Å². The maximum atomic E-state index is 5.85. The van der Waals surface area contributed by atoms with E-state index in [-0.39, 0.29) is 0 Å². The molecule has 0 aromatic heterocycles. The molecule has 4 aromatic rings. The highest BCUT2D eigenvalue weighted by Gasteiger charge is 2.19. The van der Waals surface area contributed by atoms with Crippen LogP contribution >= 0.6 is 0 Å². The minimum atomic E-state index is 0.690. The van der Waals surface area contributed by atoms with Crippen LogP contribution in [0.1, 0.15) is 36.5 Å². The summed E-state index contributed by atoms with van der Waals surface area (Å²) < 4.78 is 11.2. The number of hydrogen-bond acceptors (Lipinski definition) is 5. The van der Waals surface area contributed by atoms with Crippen molar-refractivity contribution in [2.24, 2.45) is 10.1 Å². The van der Waals surface area contributed by atoms with E-state index in [0.29, 0.717) is 5.84 Å². The average Bonchev–Trinajstić information content (AvgIpc) is 3.09. The molecule has 1 aliphatic heterocycles. The number of hydrazone groups is 1. The minimum absolute atomic E-state index is 0.690. The Kier molecular flexibility index (Phi) is 6.25. The zero-order chi connectivity index (χ0) is 23.3. The number of hydrogen-bond donors (Lipinski definition) is 1. The second kappa shape index (κ2) is 9.79. The largest absolute Gasteiger partial charge is 0.497 e. The summed E-state index contributed by atoms with van der Waals surface area (Å²) >= 11 is 0. The molecule has 170 valence electrons. The summed E-state index contributed by atoms with van der Waals surface area (Å²) in [5.74, 6) is 2.36. The number of nitrogens with one attached hydrogen (secondary N) is 1. The van der Waals surface area contributed by atoms with Gasteiger partial charge in [0, 0.05) is 22.1 Å². The molecule has 4 aromatic carbocycles. The van der Waals surface area contributed by atoms with Gasteiger partial charge < -0.3 is 9.47 Å². The second-order valence-corrected chi connectivity index (χ2v) is 8.17. The monoisotopic (exact) mass is 449 g/mol. The normalized spacial score (nSPS) is 12.8. The predicted octanol–water partition coefficient (Wildman–Crippen LogP) is 6.46. The van der Waals surface area contributed by atoms with Crippen molar-refractivity contribution in [1.82, 2.24) is 5.43 Å². The maximum Gasteiger partial charge on any atom is 0.154 e. The molecule has 0 radical (unpaired) electrons. The van der Waals surface area contributed by atoms with E-state index in [4.69, 9.17) is 19.6 Å². The Morgan fingerprint density at radius 2 is 1.53 bits per heavy atom. The third-order valence-electron chi connectivity index (χ3n) is 5.91. The Morgan fingerprint density at radius 1 is 0.794 bits per heavy atom. The molecule has 0 saturated heterocycles. The van der Waals surface area contributed by atoms with E-state index in [2.05, 4.69) is 48.7 Å². The van der Waals surface area contributed by atoms with Crippen LogP contribution in [0.25, 0.3) is 10.8 Å². The number of benzene rings is 4. The lowest BCUT2D eigenvalue weighted by molar-refractivity contribution is 0.309. The molecule has 1 aliphatic rings. The van der Waals surface area contributed by atoms with Crippen LogP contribution in [0.2, 0.25) is 0 Å². The Balaban J connectivity index is 1.59. The van der Waals surface area contributed by atoms with Crippen LogP contribution in [0.15, 0.2) is 95.0 Å². The fourth-order valence-electron chi connectivity index (χ4n) is 4.01. The molecule has 5 nitrogen and oxygen atoms in total. The van der Waals surface area contributed by atoms with E-state index in [1.165, 1.54) is 0 Å². The van der Waals surface area contributed by atoms with Crippen LogP contribution in [0.3, 0.4) is 0 Å². The second-order valence-electron chi connectivity index (χ2n) is 8.17. The van der Waals surface area contributed by atoms with Gasteiger partial charge in [-0.05, 0) is 66.4 Å². The first-order chi connectivity index (χ1) is 16.8. The highest BCUT2D eigenvalue weighted by atomic mass is 16.5. The van der Waals surface area contributed by atoms with Crippen molar-refractivity contribution < 1.29 is 9.47 Å². The summed E-state index contributed by atoms with van der Waals surface area (Å²) in [5.41, 5.74) is 7.87. The van der Waals surface area contributed by atoms with Gasteiger partial charge in [0.25, 0.3) is 0 Å². The predicted molar refractivity (Wildman–Crippen MR) is 139 cm³/mol. The van der Waals surface area contributed by atoms with Crippen molar-refractivity contribution in [3.05, 3.63) is 102 Å². The highest BCUT2D eigenvalue weighted by molar-refractivity contribution is 6.21. The van der Waals surface area contributed by atoms with Gasteiger partial charge in [0.15, 0.2) is 5.84 Å². The van der Waals surface area contributed by atoms with Crippen LogP contribution in [0.4, 0.5) is 5.69 Å². The fourth-order valence-corrected chi connectivity index (χ4v) is 4.01. The Morgan fingerprint density at radius 3 is 2.29 bits per heavy atom. The molecule has 0 fully saturated rings. The van der Waals surface area contributed by atoms with Crippen molar-refractivity contribution in [2.75, 3.05) is 13.7 Å². The third-order valence-corrected chi connectivity index (χ3v) is 5.91. The zero-order valence-electron chi connectivity index (χ0n) is 19.4. The molecule has 0 aliphatic carbocycles. The Hall–Kier alpha value is -4.12. The molecule has 0 amide bonds. The van der Waals surface area contributed by atoms with Crippen molar-refractivity contribution in [3.63, 3.8) is 0 Å². The highest BCUT2D eigenvalue weighted by Crippen LogP contribution is 2.34. The number of ether oxygens (including phenoxy) is 2. The van der Waals surface area contributed by atoms with Crippen LogP contribution in [0, 0.1) is 0 Å². The van der Waals surface area contributed by atoms with Gasteiger partial charge in [-0.25, -0.2) is 4.99 Å². The summed E-state index contributed by atoms with van der Waals surface area (Å²) in [4.78, 5) is 5.06. The maximum absolute atomic E-state index is 5.85. The summed E-state index contributed by atoms with van der Waals surface area (Å²) in [6, 6.07) is 28.5. The van der Waals surface area contributed by atoms with Gasteiger partial charge >= 0.3 is 0 Å². The van der Waals surface area contributed by atoms with Crippen LogP contribution in [-0.2, 0) is 0 Å². The Bertz CT molecular complexity index is 1360. The molecule has 0 bridgehead atoms. The molecule has 0 spiro atoms. The first-order valence-corrected chi connectivity index (χ1v) is 11.6. The van der Waals surface area contributed by atoms with Crippen molar-refractivity contribution >= 4 is 28.0 Å². The van der Waals surface area contributed by atoms with Gasteiger partial charge in [0.1, 0.15) is 17.2 Å². The van der Waals surface area contributed by atoms with E-state index < -0.39 is 0 Å². The summed E-state index contributed by atoms with van der Waals surface area (Å²) in [6.07, 6.45) is 2.16. The lowest BCUT2D eigenvalue weighted by Crippen LogP contribution is -2.19. The SMILES string of the molecule is CCCCOc1ccc(C2=NNC(c3ccc(OC)cc3)=Nc3c2ccc2ccccc32)cc1. The number of amidine groups is 1. The molecule has 5 heteroatoms. The molecule has 0 unspecified atom stereocenters. The van der Waals surface area contributed by atoms with E-state index in [1.54, 1.807) is 7.11 Å². The first kappa shape index (κ1) is 21.7. The minimum Gasteiger partial charge on any atom is -0.497 e. The quantitative estimate of drug-likeness (QED) is 0.329. The van der Waals surface area contributed by atoms with E-state index in [9.17, 15) is 0 Å². The summed E-state index contributed by atoms with van der Waals surface area (Å²) in [5, 5.41) is 7.03. The topological polar surface area (TPSA) is 55.2 Å². The molecule has 34 heavy (non-hydrogen) atoms. The lowest BCUT2D eigenvalue weighted by atomic mass is 9.97. The molecule has 5 rings (SSSR count). The van der Waals surface area contributed by atoms with Gasteiger partial charge in [-0.3, -0.25) is 5.43 Å². The fraction of sp³-hybridized carbons (Fsp3) is 0.172. The number of rotatable bonds is 7. The zero-order valence-corrected chi connectivity index (χ0v) is 19.4. The molecule has 1 N–H and O–H groups in total. The molecular weight excluding hydrogens is 422 g/mol. The summed E-state index contributed by atoms with van der Waals surface area (Å²) in [6.45, 7) is 2.89. The van der Waals surface area contributed by atoms with Gasteiger partial charge in [0.2, 0.25) is 0 Å². The smallest absolute Gasteiger partial charge is 0.154 e. The molecule has 1 heterocycles. The molecule has 0 saturated carbocycles. The number of fused-ring (bicyclic) bond motifs is 3. The van der Waals surface area contributed by atoms with Crippen molar-refractivity contribution in [1.29, 1.82) is 0 Å². The van der Waals surface area contributed by atoms with E-state index in [1.807, 2.05) is 48.5 Å². The van der Waals surface area contributed by atoms with Crippen LogP contribution in [-0.4, -0.2) is 25.3 Å². The molecule has 0 atom stereocenters. The van der Waals surface area contributed by atoms with Crippen LogP contribution in [0.5, 0.6) is 11.5 Å². The lowest BCUT2D eigenvalue weighted by Gasteiger charge is -2.11. The van der Waals surface area contributed by atoms with E-state index in [0.717, 1.165) is 69.8 Å². The number of nitrogens with zero attached hydrogens (tertiary/aromatic N) is 2. The number of aliphatic imine (C=N–C) groups is 1. The van der Waals surface area contributed by atoms with Gasteiger partial charge in [0.05, 0.1) is 19.4 Å². The van der Waals surface area contributed by atoms with Crippen molar-refractivity contribution in [3.8, 4) is 11.5 Å². The third kappa shape index (κ3) is 4.37. The van der Waals surface area contributed by atoms with E-state index >= 15 is 0 Å².